The zero-order valence-electron chi connectivity index (χ0n) is 12.3. The third kappa shape index (κ3) is 3.45. The minimum Gasteiger partial charge on any atom is -0.493 e. The van der Waals surface area contributed by atoms with Crippen molar-refractivity contribution < 1.29 is 13.9 Å². The van der Waals surface area contributed by atoms with E-state index >= 15 is 0 Å². The van der Waals surface area contributed by atoms with E-state index < -0.39 is 0 Å². The summed E-state index contributed by atoms with van der Waals surface area (Å²) in [5.41, 5.74) is 1.23. The summed E-state index contributed by atoms with van der Waals surface area (Å²) in [4.78, 5) is 3.98. The van der Waals surface area contributed by atoms with Gasteiger partial charge in [-0.3, -0.25) is 0 Å². The molecule has 0 saturated carbocycles. The fourth-order valence-electron chi connectivity index (χ4n) is 1.90. The Labute approximate surface area is 123 Å². The number of methoxy groups -OCH3 is 1. The third-order valence-electron chi connectivity index (χ3n) is 2.82. The molecule has 0 bridgehead atoms. The SMILES string of the molecule is CCOc1ccc(CNc2oc(C)nc2C#N)cc1OC. The van der Waals surface area contributed by atoms with Crippen LogP contribution in [0.4, 0.5) is 5.88 Å². The van der Waals surface area contributed by atoms with Gasteiger partial charge in [0, 0.05) is 13.5 Å². The average molecular weight is 287 g/mol. The number of aryl methyl sites for hydroxylation is 1. The first-order valence-corrected chi connectivity index (χ1v) is 6.59. The number of ether oxygens (including phenoxy) is 2. The van der Waals surface area contributed by atoms with Crippen molar-refractivity contribution in [3.05, 3.63) is 35.3 Å². The summed E-state index contributed by atoms with van der Waals surface area (Å²) in [5.74, 6) is 2.21. The normalized spacial score (nSPS) is 10.0. The number of nitriles is 1. The van der Waals surface area contributed by atoms with Crippen LogP contribution < -0.4 is 14.8 Å². The highest BCUT2D eigenvalue weighted by atomic mass is 16.5. The van der Waals surface area contributed by atoms with E-state index in [9.17, 15) is 0 Å². The number of nitrogens with zero attached hydrogens (tertiary/aromatic N) is 2. The third-order valence-corrected chi connectivity index (χ3v) is 2.82. The second-order valence-electron chi connectivity index (χ2n) is 4.29. The van der Waals surface area contributed by atoms with Crippen LogP contribution in [0.5, 0.6) is 11.5 Å². The first-order chi connectivity index (χ1) is 10.2. The molecule has 1 aromatic carbocycles. The van der Waals surface area contributed by atoms with Gasteiger partial charge in [-0.1, -0.05) is 6.07 Å². The average Bonchev–Trinajstić information content (AvgIpc) is 2.86. The zero-order chi connectivity index (χ0) is 15.2. The number of nitrogens with one attached hydrogen (secondary N) is 1. The summed E-state index contributed by atoms with van der Waals surface area (Å²) in [6.45, 7) is 4.69. The van der Waals surface area contributed by atoms with Crippen LogP contribution in [0, 0.1) is 18.3 Å². The molecular formula is C15H17N3O3. The molecule has 1 heterocycles. The minimum absolute atomic E-state index is 0.255. The van der Waals surface area contributed by atoms with Crippen molar-refractivity contribution in [1.29, 1.82) is 5.26 Å². The Morgan fingerprint density at radius 2 is 2.19 bits per heavy atom. The van der Waals surface area contributed by atoms with Crippen molar-refractivity contribution in [3.8, 4) is 17.6 Å². The number of hydrogen-bond acceptors (Lipinski definition) is 6. The maximum Gasteiger partial charge on any atom is 0.232 e. The van der Waals surface area contributed by atoms with Gasteiger partial charge in [-0.05, 0) is 24.6 Å². The number of hydrogen-bond donors (Lipinski definition) is 1. The lowest BCUT2D eigenvalue weighted by Gasteiger charge is -2.11. The molecule has 2 aromatic rings. The van der Waals surface area contributed by atoms with Crippen LogP contribution >= 0.6 is 0 Å². The maximum absolute atomic E-state index is 8.96. The zero-order valence-corrected chi connectivity index (χ0v) is 12.3. The molecule has 1 N–H and O–H groups in total. The molecule has 0 fully saturated rings. The van der Waals surface area contributed by atoms with Gasteiger partial charge < -0.3 is 19.2 Å². The van der Waals surface area contributed by atoms with Gasteiger partial charge in [0.15, 0.2) is 17.4 Å². The standard InChI is InChI=1S/C15H17N3O3/c1-4-20-13-6-5-11(7-14(13)19-3)9-17-15-12(8-16)18-10(2)21-15/h5-7,17H,4,9H2,1-3H3. The largest absolute Gasteiger partial charge is 0.493 e. The summed E-state index contributed by atoms with van der Waals surface area (Å²) >= 11 is 0. The Kier molecular flexibility index (Phi) is 4.67. The second kappa shape index (κ2) is 6.66. The summed E-state index contributed by atoms with van der Waals surface area (Å²) in [7, 11) is 1.60. The van der Waals surface area contributed by atoms with Crippen LogP contribution in [0.15, 0.2) is 22.6 Å². The molecule has 0 saturated heterocycles. The van der Waals surface area contributed by atoms with Crippen molar-refractivity contribution in [2.75, 3.05) is 19.0 Å². The lowest BCUT2D eigenvalue weighted by Crippen LogP contribution is -2.01. The van der Waals surface area contributed by atoms with E-state index in [1.807, 2.05) is 31.2 Å². The molecule has 110 valence electrons. The minimum atomic E-state index is 0.255. The number of rotatable bonds is 6. The van der Waals surface area contributed by atoms with Crippen LogP contribution in [0.2, 0.25) is 0 Å². The summed E-state index contributed by atoms with van der Waals surface area (Å²) < 4.78 is 16.1. The van der Waals surface area contributed by atoms with Crippen molar-refractivity contribution in [2.45, 2.75) is 20.4 Å². The van der Waals surface area contributed by atoms with Gasteiger partial charge in [0.25, 0.3) is 0 Å². The quantitative estimate of drug-likeness (QED) is 0.880. The highest BCUT2D eigenvalue weighted by Crippen LogP contribution is 2.28. The molecule has 6 nitrogen and oxygen atoms in total. The van der Waals surface area contributed by atoms with Crippen LogP contribution in [0.25, 0.3) is 0 Å². The van der Waals surface area contributed by atoms with E-state index in [2.05, 4.69) is 10.3 Å². The molecule has 0 aliphatic rings. The van der Waals surface area contributed by atoms with Gasteiger partial charge in [0.1, 0.15) is 6.07 Å². The molecule has 0 amide bonds. The van der Waals surface area contributed by atoms with Crippen molar-refractivity contribution in [3.63, 3.8) is 0 Å². The predicted molar refractivity (Wildman–Crippen MR) is 77.4 cm³/mol. The summed E-state index contributed by atoms with van der Waals surface area (Å²) in [6.07, 6.45) is 0. The van der Waals surface area contributed by atoms with E-state index in [-0.39, 0.29) is 5.69 Å². The van der Waals surface area contributed by atoms with Crippen LogP contribution in [0.1, 0.15) is 24.1 Å². The van der Waals surface area contributed by atoms with Crippen LogP contribution in [-0.4, -0.2) is 18.7 Å². The molecular weight excluding hydrogens is 270 g/mol. The number of anilines is 1. The number of oxazole rings is 1. The van der Waals surface area contributed by atoms with E-state index in [4.69, 9.17) is 19.2 Å². The van der Waals surface area contributed by atoms with E-state index in [1.54, 1.807) is 14.0 Å². The Morgan fingerprint density at radius 3 is 2.86 bits per heavy atom. The Balaban J connectivity index is 2.11. The lowest BCUT2D eigenvalue weighted by atomic mass is 10.2. The molecule has 6 heteroatoms. The molecule has 0 spiro atoms. The number of benzene rings is 1. The highest BCUT2D eigenvalue weighted by molar-refractivity contribution is 5.47. The molecule has 0 aliphatic heterocycles. The predicted octanol–water partition coefficient (Wildman–Crippen LogP) is 2.87. The van der Waals surface area contributed by atoms with Crippen LogP contribution in [0.3, 0.4) is 0 Å². The fraction of sp³-hybridized carbons (Fsp3) is 0.333. The first-order valence-electron chi connectivity index (χ1n) is 6.59. The number of aromatic nitrogens is 1. The second-order valence-corrected chi connectivity index (χ2v) is 4.29. The molecule has 2 rings (SSSR count). The van der Waals surface area contributed by atoms with E-state index in [1.165, 1.54) is 0 Å². The van der Waals surface area contributed by atoms with Gasteiger partial charge in [-0.2, -0.15) is 5.26 Å². The topological polar surface area (TPSA) is 80.3 Å². The van der Waals surface area contributed by atoms with Gasteiger partial charge >= 0.3 is 0 Å². The van der Waals surface area contributed by atoms with E-state index in [0.29, 0.717) is 36.4 Å². The van der Waals surface area contributed by atoms with Gasteiger partial charge in [-0.15, -0.1) is 0 Å². The van der Waals surface area contributed by atoms with Crippen LogP contribution in [-0.2, 0) is 6.54 Å². The van der Waals surface area contributed by atoms with Crippen molar-refractivity contribution in [2.24, 2.45) is 0 Å². The lowest BCUT2D eigenvalue weighted by molar-refractivity contribution is 0.310. The smallest absolute Gasteiger partial charge is 0.232 e. The highest BCUT2D eigenvalue weighted by Gasteiger charge is 2.11. The summed E-state index contributed by atoms with van der Waals surface area (Å²) in [5, 5.41) is 12.0. The van der Waals surface area contributed by atoms with Crippen molar-refractivity contribution in [1.82, 2.24) is 4.98 Å². The Hall–Kier alpha value is -2.68. The first kappa shape index (κ1) is 14.7. The Morgan fingerprint density at radius 1 is 1.38 bits per heavy atom. The fourth-order valence-corrected chi connectivity index (χ4v) is 1.90. The van der Waals surface area contributed by atoms with Crippen molar-refractivity contribution >= 4 is 5.88 Å². The molecule has 1 aromatic heterocycles. The van der Waals surface area contributed by atoms with E-state index in [0.717, 1.165) is 5.56 Å². The van der Waals surface area contributed by atoms with Gasteiger partial charge in [0.05, 0.1) is 13.7 Å². The van der Waals surface area contributed by atoms with Gasteiger partial charge in [-0.25, -0.2) is 4.98 Å². The molecule has 0 aliphatic carbocycles. The molecule has 21 heavy (non-hydrogen) atoms. The molecule has 0 radical (unpaired) electrons. The maximum atomic E-state index is 8.96. The monoisotopic (exact) mass is 287 g/mol. The van der Waals surface area contributed by atoms with Gasteiger partial charge in [0.2, 0.25) is 11.6 Å². The summed E-state index contributed by atoms with van der Waals surface area (Å²) in [6, 6.07) is 7.65. The molecule has 0 atom stereocenters. The molecule has 0 unspecified atom stereocenters. The Bertz CT molecular complexity index is 659.